The Morgan fingerprint density at radius 1 is 1.17 bits per heavy atom. The Balaban J connectivity index is 0. The summed E-state index contributed by atoms with van der Waals surface area (Å²) < 4.78 is 9.12. The summed E-state index contributed by atoms with van der Waals surface area (Å²) >= 11 is 0. The van der Waals surface area contributed by atoms with Crippen LogP contribution in [0, 0.1) is 0 Å². The molecule has 0 aliphatic heterocycles. The number of hydrogen-bond donors (Lipinski definition) is 2. The summed E-state index contributed by atoms with van der Waals surface area (Å²) in [5.41, 5.74) is 6.34. The van der Waals surface area contributed by atoms with Gasteiger partial charge < -0.3 is 41.2 Å². The van der Waals surface area contributed by atoms with Gasteiger partial charge in [0.15, 0.2) is 18.6 Å². The molecule has 0 aromatic carbocycles. The number of halogens is 2. The molecule has 0 saturated heterocycles. The maximum atomic E-state index is 11.0. The van der Waals surface area contributed by atoms with E-state index in [-0.39, 0.29) is 30.3 Å². The van der Waals surface area contributed by atoms with Crippen molar-refractivity contribution in [2.24, 2.45) is 10.9 Å². The Bertz CT molecular complexity index is 653. The number of pyridine rings is 2. The van der Waals surface area contributed by atoms with Gasteiger partial charge in [-0.25, -0.2) is 0 Å². The van der Waals surface area contributed by atoms with E-state index in [0.29, 0.717) is 24.7 Å². The van der Waals surface area contributed by atoms with Crippen molar-refractivity contribution in [3.05, 3.63) is 60.2 Å². The van der Waals surface area contributed by atoms with Crippen LogP contribution in [0.5, 0.6) is 0 Å². The predicted molar refractivity (Wildman–Crippen MR) is 75.9 cm³/mol. The number of hydrogen-bond acceptors (Lipinski definition) is 4. The monoisotopic (exact) mass is 376 g/mol. The van der Waals surface area contributed by atoms with Gasteiger partial charge in [0.25, 0.3) is 13.5 Å². The van der Waals surface area contributed by atoms with Crippen LogP contribution in [-0.2, 0) is 18.2 Å². The lowest BCUT2D eigenvalue weighted by atomic mass is 10.2. The molecule has 0 atom stereocenters. The Morgan fingerprint density at radius 2 is 1.83 bits per heavy atom. The fourth-order valence-electron chi connectivity index (χ4n) is 1.74. The average molecular weight is 377 g/mol. The highest BCUT2D eigenvalue weighted by atomic mass is 35.5. The van der Waals surface area contributed by atoms with Gasteiger partial charge in [-0.05, 0) is 6.07 Å². The number of primary amides is 1. The van der Waals surface area contributed by atoms with E-state index in [1.54, 1.807) is 39.7 Å². The lowest BCUT2D eigenvalue weighted by molar-refractivity contribution is -0.788. The minimum Gasteiger partial charge on any atom is -1.00 e. The molecule has 2 aromatic heterocycles. The second-order valence-corrected chi connectivity index (χ2v) is 4.27. The SMILES string of the molecule is NC(=O)c1cc[n+](COC[n+]2ccccc2/C=N\O)cc1.O.[Cl-].[Cl-]. The van der Waals surface area contributed by atoms with Gasteiger partial charge in [-0.2, -0.15) is 9.13 Å². The van der Waals surface area contributed by atoms with E-state index in [9.17, 15) is 4.79 Å². The molecule has 5 N–H and O–H groups in total. The number of oxime groups is 1. The number of carbonyl (C=O) groups excluding carboxylic acids is 1. The molecule has 24 heavy (non-hydrogen) atoms. The summed E-state index contributed by atoms with van der Waals surface area (Å²) in [5, 5.41) is 11.6. The van der Waals surface area contributed by atoms with Crippen LogP contribution in [0.4, 0.5) is 0 Å². The lowest BCUT2D eigenvalue weighted by Crippen LogP contribution is -3.00. The van der Waals surface area contributed by atoms with E-state index in [1.165, 1.54) is 6.21 Å². The van der Waals surface area contributed by atoms with E-state index < -0.39 is 5.91 Å². The van der Waals surface area contributed by atoms with Crippen molar-refractivity contribution in [2.45, 2.75) is 13.5 Å². The second kappa shape index (κ2) is 12.2. The van der Waals surface area contributed by atoms with Gasteiger partial charge in [-0.1, -0.05) is 5.16 Å². The van der Waals surface area contributed by atoms with Crippen LogP contribution in [0.1, 0.15) is 16.1 Å². The molecule has 0 unspecified atom stereocenters. The van der Waals surface area contributed by atoms with Gasteiger partial charge >= 0.3 is 0 Å². The number of nitrogens with zero attached hydrogens (tertiary/aromatic N) is 3. The van der Waals surface area contributed by atoms with Crippen molar-refractivity contribution >= 4 is 12.1 Å². The maximum absolute atomic E-state index is 11.0. The molecule has 2 heterocycles. The fraction of sp³-hybridized carbons (Fsp3) is 0.143. The highest BCUT2D eigenvalue weighted by Gasteiger charge is 2.09. The van der Waals surface area contributed by atoms with Crippen LogP contribution in [0.2, 0.25) is 0 Å². The first-order valence-corrected chi connectivity index (χ1v) is 6.23. The highest BCUT2D eigenvalue weighted by Crippen LogP contribution is 1.93. The van der Waals surface area contributed by atoms with Gasteiger partial charge in [0, 0.05) is 24.3 Å². The lowest BCUT2D eigenvalue weighted by Gasteiger charge is -2.00. The first kappa shape index (κ1) is 24.0. The first-order valence-electron chi connectivity index (χ1n) is 6.23. The van der Waals surface area contributed by atoms with Crippen molar-refractivity contribution in [3.63, 3.8) is 0 Å². The Morgan fingerprint density at radius 3 is 2.42 bits per heavy atom. The first-order chi connectivity index (χ1) is 10.2. The van der Waals surface area contributed by atoms with E-state index in [2.05, 4.69) is 5.16 Å². The van der Waals surface area contributed by atoms with Gasteiger partial charge in [0.1, 0.15) is 6.21 Å². The summed E-state index contributed by atoms with van der Waals surface area (Å²) in [6.45, 7) is 0.614. The van der Waals surface area contributed by atoms with Crippen molar-refractivity contribution in [1.82, 2.24) is 0 Å². The molecule has 10 heteroatoms. The third-order valence-corrected chi connectivity index (χ3v) is 2.81. The summed E-state index contributed by atoms with van der Waals surface area (Å²) in [6, 6.07) is 8.76. The molecule has 2 aromatic rings. The maximum Gasteiger partial charge on any atom is 0.258 e. The quantitative estimate of drug-likeness (QED) is 0.225. The summed E-state index contributed by atoms with van der Waals surface area (Å²) in [5.74, 6) is -0.462. The molecule has 8 nitrogen and oxygen atoms in total. The Labute approximate surface area is 151 Å². The van der Waals surface area contributed by atoms with Gasteiger partial charge in [-0.15, -0.1) is 0 Å². The molecule has 0 saturated carbocycles. The van der Waals surface area contributed by atoms with Crippen LogP contribution in [0.25, 0.3) is 0 Å². The van der Waals surface area contributed by atoms with Crippen molar-refractivity contribution in [3.8, 4) is 0 Å². The minimum absolute atomic E-state index is 0. The molecule has 0 aliphatic carbocycles. The molecular formula is C14H18Cl2N4O4. The van der Waals surface area contributed by atoms with E-state index >= 15 is 0 Å². The summed E-state index contributed by atoms with van der Waals surface area (Å²) in [6.07, 6.45) is 6.58. The van der Waals surface area contributed by atoms with Crippen molar-refractivity contribution in [2.75, 3.05) is 0 Å². The zero-order chi connectivity index (χ0) is 15.1. The van der Waals surface area contributed by atoms with Crippen LogP contribution < -0.4 is 39.7 Å². The molecule has 0 bridgehead atoms. The molecule has 0 fully saturated rings. The van der Waals surface area contributed by atoms with Gasteiger partial charge in [-0.3, -0.25) is 9.53 Å². The smallest absolute Gasteiger partial charge is 0.258 e. The van der Waals surface area contributed by atoms with Crippen molar-refractivity contribution in [1.29, 1.82) is 0 Å². The van der Waals surface area contributed by atoms with E-state index in [0.717, 1.165) is 0 Å². The predicted octanol–water partition coefficient (Wildman–Crippen LogP) is -7.02. The Kier molecular flexibility index (Phi) is 12.2. The molecular weight excluding hydrogens is 359 g/mol. The van der Waals surface area contributed by atoms with Crippen molar-refractivity contribution < 1.29 is 54.2 Å². The van der Waals surface area contributed by atoms with Gasteiger partial charge in [0.05, 0.1) is 5.56 Å². The molecule has 132 valence electrons. The number of ether oxygens (including phenoxy) is 1. The number of nitrogens with two attached hydrogens (primary N) is 1. The second-order valence-electron chi connectivity index (χ2n) is 4.27. The zero-order valence-corrected chi connectivity index (χ0v) is 14.1. The third-order valence-electron chi connectivity index (χ3n) is 2.81. The van der Waals surface area contributed by atoms with Crippen LogP contribution in [0.15, 0.2) is 54.1 Å². The normalized spacial score (nSPS) is 9.50. The molecule has 1 amide bonds. The number of amides is 1. The highest BCUT2D eigenvalue weighted by molar-refractivity contribution is 5.92. The van der Waals surface area contributed by atoms with Crippen LogP contribution in [-0.4, -0.2) is 22.8 Å². The average Bonchev–Trinajstić information content (AvgIpc) is 2.50. The van der Waals surface area contributed by atoms with Crippen LogP contribution in [0.3, 0.4) is 0 Å². The molecule has 0 radical (unpaired) electrons. The standard InChI is InChI=1S/C14H14N4O3.2ClH.H2O/c15-14(19)12-4-7-17(8-5-12)10-21-11-18-6-2-1-3-13(18)9-16-20;;;/h1-9H,10-11H2,(H-,15,19);2*1H;1H2. The number of aromatic nitrogens is 2. The molecule has 0 aliphatic rings. The van der Waals surface area contributed by atoms with E-state index in [4.69, 9.17) is 15.7 Å². The Hall–Kier alpha value is -2.26. The zero-order valence-electron chi connectivity index (χ0n) is 12.5. The van der Waals surface area contributed by atoms with E-state index in [1.807, 2.05) is 18.3 Å². The topological polar surface area (TPSA) is 124 Å². The third kappa shape index (κ3) is 6.88. The minimum atomic E-state index is -0.462. The fourth-order valence-corrected chi connectivity index (χ4v) is 1.74. The number of carbonyl (C=O) groups is 1. The van der Waals surface area contributed by atoms with Crippen LogP contribution >= 0.6 is 0 Å². The van der Waals surface area contributed by atoms with Gasteiger partial charge in [0.2, 0.25) is 11.6 Å². The number of rotatable bonds is 6. The summed E-state index contributed by atoms with van der Waals surface area (Å²) in [4.78, 5) is 11.0. The largest absolute Gasteiger partial charge is 1.00 e. The summed E-state index contributed by atoms with van der Waals surface area (Å²) in [7, 11) is 0. The molecule has 0 spiro atoms. The molecule has 2 rings (SSSR count).